The summed E-state index contributed by atoms with van der Waals surface area (Å²) in [4.78, 5) is 14.2. The van der Waals surface area contributed by atoms with E-state index in [1.807, 2.05) is 19.2 Å². The molecule has 0 fully saturated rings. The highest BCUT2D eigenvalue weighted by Crippen LogP contribution is 2.34. The number of hydrogen-bond acceptors (Lipinski definition) is 3. The van der Waals surface area contributed by atoms with Crippen LogP contribution in [0.5, 0.6) is 0 Å². The topological polar surface area (TPSA) is 29.5 Å². The predicted molar refractivity (Wildman–Crippen MR) is 58.8 cm³/mol. The van der Waals surface area contributed by atoms with Crippen LogP contribution in [-0.2, 0) is 4.74 Å². The molecule has 0 spiro atoms. The number of hydrogen-bond donors (Lipinski definition) is 0. The number of ether oxygens (including phenoxy) is 1. The van der Waals surface area contributed by atoms with Crippen molar-refractivity contribution in [1.29, 1.82) is 0 Å². The summed E-state index contributed by atoms with van der Waals surface area (Å²) in [5.74, 6) is 0. The summed E-state index contributed by atoms with van der Waals surface area (Å²) in [6.45, 7) is 7.88. The molecule has 0 N–H and O–H groups in total. The zero-order valence-electron chi connectivity index (χ0n) is 8.53. The minimum absolute atomic E-state index is 0.117. The molecule has 1 rings (SSSR count). The van der Waals surface area contributed by atoms with Crippen molar-refractivity contribution in [3.63, 3.8) is 0 Å². The SMILES string of the molecule is C=CCC1SC(C)=CN1C(=O)OCC. The zero-order valence-corrected chi connectivity index (χ0v) is 9.34. The highest BCUT2D eigenvalue weighted by Gasteiger charge is 2.28. The molecule has 1 unspecified atom stereocenters. The predicted octanol–water partition coefficient (Wildman–Crippen LogP) is 2.96. The Bertz CT molecular complexity index is 263. The number of allylic oxidation sites excluding steroid dienone is 1. The summed E-state index contributed by atoms with van der Waals surface area (Å²) < 4.78 is 4.95. The van der Waals surface area contributed by atoms with Crippen molar-refractivity contribution in [1.82, 2.24) is 4.90 Å². The standard InChI is InChI=1S/C10H15NO2S/c1-4-6-9-11(7-8(3)14-9)10(12)13-5-2/h4,7,9H,1,5-6H2,2-3H3. The van der Waals surface area contributed by atoms with Crippen LogP contribution in [-0.4, -0.2) is 23.0 Å². The van der Waals surface area contributed by atoms with Gasteiger partial charge in [0.2, 0.25) is 0 Å². The van der Waals surface area contributed by atoms with E-state index in [9.17, 15) is 4.79 Å². The molecule has 0 aliphatic carbocycles. The van der Waals surface area contributed by atoms with Crippen LogP contribution >= 0.6 is 11.8 Å². The highest BCUT2D eigenvalue weighted by atomic mass is 32.2. The van der Waals surface area contributed by atoms with Crippen molar-refractivity contribution in [2.45, 2.75) is 25.6 Å². The summed E-state index contributed by atoms with van der Waals surface area (Å²) in [6, 6.07) is 0. The molecule has 78 valence electrons. The number of thioether (sulfide) groups is 1. The quantitative estimate of drug-likeness (QED) is 0.675. The van der Waals surface area contributed by atoms with E-state index in [1.165, 1.54) is 0 Å². The van der Waals surface area contributed by atoms with Crippen molar-refractivity contribution >= 4 is 17.9 Å². The first-order chi connectivity index (χ1) is 6.69. The van der Waals surface area contributed by atoms with E-state index < -0.39 is 0 Å². The fourth-order valence-electron chi connectivity index (χ4n) is 1.25. The monoisotopic (exact) mass is 213 g/mol. The maximum absolute atomic E-state index is 11.5. The molecular formula is C10H15NO2S. The first-order valence-electron chi connectivity index (χ1n) is 4.60. The van der Waals surface area contributed by atoms with E-state index in [4.69, 9.17) is 4.74 Å². The molecule has 0 saturated carbocycles. The molecule has 14 heavy (non-hydrogen) atoms. The van der Waals surface area contributed by atoms with E-state index in [-0.39, 0.29) is 11.5 Å². The summed E-state index contributed by atoms with van der Waals surface area (Å²) in [5, 5.41) is 0.117. The summed E-state index contributed by atoms with van der Waals surface area (Å²) in [5.41, 5.74) is 0. The Morgan fingerprint density at radius 1 is 1.86 bits per heavy atom. The Morgan fingerprint density at radius 2 is 2.57 bits per heavy atom. The minimum Gasteiger partial charge on any atom is -0.449 e. The van der Waals surface area contributed by atoms with Gasteiger partial charge >= 0.3 is 6.09 Å². The summed E-state index contributed by atoms with van der Waals surface area (Å²) in [7, 11) is 0. The van der Waals surface area contributed by atoms with Crippen molar-refractivity contribution < 1.29 is 9.53 Å². The van der Waals surface area contributed by atoms with Gasteiger partial charge in [-0.25, -0.2) is 4.79 Å². The van der Waals surface area contributed by atoms with Gasteiger partial charge in [0.15, 0.2) is 0 Å². The second kappa shape index (κ2) is 5.10. The molecule has 0 radical (unpaired) electrons. The molecule has 0 bridgehead atoms. The molecule has 0 aromatic heterocycles. The Balaban J connectivity index is 2.63. The maximum atomic E-state index is 11.5. The number of rotatable bonds is 3. The van der Waals surface area contributed by atoms with E-state index in [2.05, 4.69) is 6.58 Å². The Labute approximate surface area is 88.8 Å². The number of amides is 1. The molecule has 3 nitrogen and oxygen atoms in total. The van der Waals surface area contributed by atoms with Gasteiger partial charge in [-0.2, -0.15) is 0 Å². The van der Waals surface area contributed by atoms with Gasteiger partial charge < -0.3 is 4.74 Å². The molecule has 0 aromatic carbocycles. The van der Waals surface area contributed by atoms with E-state index in [1.54, 1.807) is 23.6 Å². The van der Waals surface area contributed by atoms with Crippen LogP contribution in [0, 0.1) is 0 Å². The second-order valence-corrected chi connectivity index (χ2v) is 4.37. The fourth-order valence-corrected chi connectivity index (χ4v) is 2.35. The van der Waals surface area contributed by atoms with Gasteiger partial charge in [0.1, 0.15) is 0 Å². The highest BCUT2D eigenvalue weighted by molar-refractivity contribution is 8.03. The van der Waals surface area contributed by atoms with Crippen molar-refractivity contribution in [3.05, 3.63) is 23.8 Å². The van der Waals surface area contributed by atoms with E-state index in [0.717, 1.165) is 11.3 Å². The number of carbonyl (C=O) groups excluding carboxylic acids is 1. The third-order valence-corrected chi connectivity index (χ3v) is 2.97. The van der Waals surface area contributed by atoms with Crippen LogP contribution in [0.2, 0.25) is 0 Å². The first-order valence-corrected chi connectivity index (χ1v) is 5.48. The van der Waals surface area contributed by atoms with Gasteiger partial charge in [-0.3, -0.25) is 4.90 Å². The zero-order chi connectivity index (χ0) is 10.6. The van der Waals surface area contributed by atoms with Crippen LogP contribution in [0.25, 0.3) is 0 Å². The molecule has 1 atom stereocenters. The second-order valence-electron chi connectivity index (χ2n) is 2.94. The van der Waals surface area contributed by atoms with Crippen LogP contribution in [0.1, 0.15) is 20.3 Å². The normalized spacial score (nSPS) is 20.6. The Hall–Kier alpha value is -0.900. The average molecular weight is 213 g/mol. The Kier molecular flexibility index (Phi) is 4.07. The smallest absolute Gasteiger partial charge is 0.414 e. The molecule has 0 saturated heterocycles. The summed E-state index contributed by atoms with van der Waals surface area (Å²) >= 11 is 1.67. The van der Waals surface area contributed by atoms with Crippen LogP contribution < -0.4 is 0 Å². The average Bonchev–Trinajstić information content (AvgIpc) is 2.48. The van der Waals surface area contributed by atoms with Crippen LogP contribution in [0.3, 0.4) is 0 Å². The van der Waals surface area contributed by atoms with Crippen molar-refractivity contribution in [3.8, 4) is 0 Å². The maximum Gasteiger partial charge on any atom is 0.414 e. The Morgan fingerprint density at radius 3 is 3.14 bits per heavy atom. The van der Waals surface area contributed by atoms with Crippen molar-refractivity contribution in [2.75, 3.05) is 6.61 Å². The minimum atomic E-state index is -0.274. The van der Waals surface area contributed by atoms with Crippen LogP contribution in [0.4, 0.5) is 4.79 Å². The molecule has 0 aromatic rings. The van der Waals surface area contributed by atoms with E-state index >= 15 is 0 Å². The molecule has 1 aliphatic rings. The molecule has 1 heterocycles. The lowest BCUT2D eigenvalue weighted by Crippen LogP contribution is -2.31. The van der Waals surface area contributed by atoms with Crippen molar-refractivity contribution in [2.24, 2.45) is 0 Å². The van der Waals surface area contributed by atoms with Gasteiger partial charge in [0.05, 0.1) is 12.0 Å². The van der Waals surface area contributed by atoms with Gasteiger partial charge in [-0.1, -0.05) is 6.08 Å². The van der Waals surface area contributed by atoms with Crippen LogP contribution in [0.15, 0.2) is 23.8 Å². The lowest BCUT2D eigenvalue weighted by Gasteiger charge is -2.20. The lowest BCUT2D eigenvalue weighted by atomic mass is 10.4. The number of carbonyl (C=O) groups is 1. The fraction of sp³-hybridized carbons (Fsp3) is 0.500. The molecule has 4 heteroatoms. The third-order valence-electron chi connectivity index (χ3n) is 1.80. The van der Waals surface area contributed by atoms with Gasteiger partial charge in [0.25, 0.3) is 0 Å². The van der Waals surface area contributed by atoms with Gasteiger partial charge in [-0.05, 0) is 20.3 Å². The lowest BCUT2D eigenvalue weighted by molar-refractivity contribution is 0.120. The van der Waals surface area contributed by atoms with E-state index in [0.29, 0.717) is 6.61 Å². The van der Waals surface area contributed by atoms with Gasteiger partial charge in [0, 0.05) is 11.1 Å². The van der Waals surface area contributed by atoms with Gasteiger partial charge in [-0.15, -0.1) is 18.3 Å². The molecule has 1 amide bonds. The molecular weight excluding hydrogens is 198 g/mol. The molecule has 1 aliphatic heterocycles. The third kappa shape index (κ3) is 2.54. The summed E-state index contributed by atoms with van der Waals surface area (Å²) in [6.07, 6.45) is 4.15. The first kappa shape index (κ1) is 11.2. The largest absolute Gasteiger partial charge is 0.449 e. The number of nitrogens with zero attached hydrogens (tertiary/aromatic N) is 1.